The SMILES string of the molecule is COc1ccccc1-c1ccc(N2CCN(C(=O)Nc3cc(C(F)(F)F)cc(C(F)(F)F)c3)CC2)nn1. The van der Waals surface area contributed by atoms with Gasteiger partial charge in [-0.2, -0.15) is 26.3 Å². The zero-order valence-corrected chi connectivity index (χ0v) is 19.4. The molecule has 1 saturated heterocycles. The summed E-state index contributed by atoms with van der Waals surface area (Å²) < 4.78 is 83.8. The van der Waals surface area contributed by atoms with Crippen LogP contribution in [0.1, 0.15) is 11.1 Å². The summed E-state index contributed by atoms with van der Waals surface area (Å²) in [4.78, 5) is 15.8. The van der Waals surface area contributed by atoms with E-state index in [0.717, 1.165) is 5.56 Å². The molecule has 4 rings (SSSR count). The van der Waals surface area contributed by atoms with Gasteiger partial charge in [-0.3, -0.25) is 0 Å². The summed E-state index contributed by atoms with van der Waals surface area (Å²) in [6, 6.07) is 11.0. The van der Waals surface area contributed by atoms with Gasteiger partial charge in [-0.25, -0.2) is 4.79 Å². The van der Waals surface area contributed by atoms with Crippen LogP contribution in [0.25, 0.3) is 11.3 Å². The lowest BCUT2D eigenvalue weighted by Gasteiger charge is -2.35. The third-order valence-corrected chi connectivity index (χ3v) is 5.76. The Morgan fingerprint density at radius 1 is 0.865 bits per heavy atom. The van der Waals surface area contributed by atoms with Crippen LogP contribution in [0.4, 0.5) is 42.6 Å². The van der Waals surface area contributed by atoms with Crippen molar-refractivity contribution in [3.8, 4) is 17.0 Å². The fraction of sp³-hybridized carbons (Fsp3) is 0.292. The minimum absolute atomic E-state index is 0.00854. The number of hydrogen-bond donors (Lipinski definition) is 1. The van der Waals surface area contributed by atoms with Gasteiger partial charge >= 0.3 is 18.4 Å². The van der Waals surface area contributed by atoms with Crippen molar-refractivity contribution in [3.05, 3.63) is 65.7 Å². The third kappa shape index (κ3) is 6.04. The predicted octanol–water partition coefficient (Wildman–Crippen LogP) is 5.54. The van der Waals surface area contributed by atoms with E-state index in [1.54, 1.807) is 25.3 Å². The summed E-state index contributed by atoms with van der Waals surface area (Å²) in [6.45, 7) is 1.03. The smallest absolute Gasteiger partial charge is 0.416 e. The molecule has 0 bridgehead atoms. The Hall–Kier alpha value is -4.03. The van der Waals surface area contributed by atoms with Crippen molar-refractivity contribution in [1.82, 2.24) is 15.1 Å². The standard InChI is InChI=1S/C24H21F6N5O2/c1-37-20-5-3-2-4-18(20)19-6-7-21(33-32-19)34-8-10-35(11-9-34)22(36)31-17-13-15(23(25,26)27)12-16(14-17)24(28,29)30/h2-7,12-14H,8-11H2,1H3,(H,31,36). The number of methoxy groups -OCH3 is 1. The van der Waals surface area contributed by atoms with Crippen molar-refractivity contribution in [2.75, 3.05) is 43.5 Å². The van der Waals surface area contributed by atoms with E-state index < -0.39 is 35.2 Å². The first-order valence-electron chi connectivity index (χ1n) is 11.0. The van der Waals surface area contributed by atoms with Crippen LogP contribution in [-0.2, 0) is 12.4 Å². The molecule has 2 heterocycles. The van der Waals surface area contributed by atoms with Crippen molar-refractivity contribution in [3.63, 3.8) is 0 Å². The largest absolute Gasteiger partial charge is 0.496 e. The van der Waals surface area contributed by atoms with Crippen molar-refractivity contribution < 1.29 is 35.9 Å². The number of urea groups is 1. The first-order chi connectivity index (χ1) is 17.5. The van der Waals surface area contributed by atoms with Gasteiger partial charge in [0.25, 0.3) is 0 Å². The number of ether oxygens (including phenoxy) is 1. The highest BCUT2D eigenvalue weighted by Crippen LogP contribution is 2.37. The highest BCUT2D eigenvalue weighted by Gasteiger charge is 2.37. The second-order valence-electron chi connectivity index (χ2n) is 8.18. The molecule has 0 spiro atoms. The normalized spacial score (nSPS) is 14.5. The van der Waals surface area contributed by atoms with Crippen LogP contribution in [0.5, 0.6) is 5.75 Å². The van der Waals surface area contributed by atoms with Gasteiger partial charge in [0.1, 0.15) is 5.75 Å². The molecule has 2 amide bonds. The number of anilines is 2. The molecule has 0 atom stereocenters. The van der Waals surface area contributed by atoms with E-state index in [0.29, 0.717) is 42.5 Å². The minimum Gasteiger partial charge on any atom is -0.496 e. The Morgan fingerprint density at radius 2 is 1.49 bits per heavy atom. The number of nitrogens with one attached hydrogen (secondary N) is 1. The number of benzene rings is 2. The zero-order chi connectivity index (χ0) is 26.8. The molecule has 0 saturated carbocycles. The van der Waals surface area contributed by atoms with E-state index in [9.17, 15) is 31.1 Å². The highest BCUT2D eigenvalue weighted by molar-refractivity contribution is 5.89. The third-order valence-electron chi connectivity index (χ3n) is 5.76. The second kappa shape index (κ2) is 10.1. The molecule has 13 heteroatoms. The molecule has 37 heavy (non-hydrogen) atoms. The molecule has 196 valence electrons. The topological polar surface area (TPSA) is 70.6 Å². The molecule has 7 nitrogen and oxygen atoms in total. The average molecular weight is 525 g/mol. The Morgan fingerprint density at radius 3 is 2.03 bits per heavy atom. The van der Waals surface area contributed by atoms with Gasteiger partial charge in [0.05, 0.1) is 23.9 Å². The molecular weight excluding hydrogens is 504 g/mol. The van der Waals surface area contributed by atoms with Crippen LogP contribution in [0.3, 0.4) is 0 Å². The Kier molecular flexibility index (Phi) is 7.14. The zero-order valence-electron chi connectivity index (χ0n) is 19.4. The Bertz CT molecular complexity index is 1220. The summed E-state index contributed by atoms with van der Waals surface area (Å²) in [6.07, 6.45) is -10.0. The second-order valence-corrected chi connectivity index (χ2v) is 8.18. The number of rotatable bonds is 4. The van der Waals surface area contributed by atoms with E-state index in [4.69, 9.17) is 4.74 Å². The minimum atomic E-state index is -5.01. The maximum Gasteiger partial charge on any atom is 0.416 e. The van der Waals surface area contributed by atoms with E-state index in [1.165, 1.54) is 4.90 Å². The number of halogens is 6. The van der Waals surface area contributed by atoms with Crippen molar-refractivity contribution in [1.29, 1.82) is 0 Å². The van der Waals surface area contributed by atoms with Crippen LogP contribution in [0.15, 0.2) is 54.6 Å². The van der Waals surface area contributed by atoms with Crippen LogP contribution in [0, 0.1) is 0 Å². The first-order valence-corrected chi connectivity index (χ1v) is 11.0. The van der Waals surface area contributed by atoms with Crippen LogP contribution >= 0.6 is 0 Å². The number of nitrogens with zero attached hydrogens (tertiary/aromatic N) is 4. The number of carbonyl (C=O) groups is 1. The van der Waals surface area contributed by atoms with Gasteiger partial charge in [0.2, 0.25) is 0 Å². The molecule has 0 unspecified atom stereocenters. The summed E-state index contributed by atoms with van der Waals surface area (Å²) in [5, 5.41) is 10.7. The lowest BCUT2D eigenvalue weighted by atomic mass is 10.1. The van der Waals surface area contributed by atoms with Crippen LogP contribution in [0.2, 0.25) is 0 Å². The van der Waals surface area contributed by atoms with Gasteiger partial charge in [-0.15, -0.1) is 10.2 Å². The molecule has 1 fully saturated rings. The molecule has 2 aromatic carbocycles. The van der Waals surface area contributed by atoms with Gasteiger partial charge in [-0.1, -0.05) is 12.1 Å². The quantitative estimate of drug-likeness (QED) is 0.453. The maximum atomic E-state index is 13.1. The van der Waals surface area contributed by atoms with Gasteiger partial charge in [0.15, 0.2) is 5.82 Å². The molecule has 0 radical (unpaired) electrons. The van der Waals surface area contributed by atoms with E-state index in [2.05, 4.69) is 15.5 Å². The average Bonchev–Trinajstić information content (AvgIpc) is 2.87. The summed E-state index contributed by atoms with van der Waals surface area (Å²) >= 11 is 0. The highest BCUT2D eigenvalue weighted by atomic mass is 19.4. The summed E-state index contributed by atoms with van der Waals surface area (Å²) in [7, 11) is 1.55. The maximum absolute atomic E-state index is 13.1. The first kappa shape index (κ1) is 26.0. The van der Waals surface area contributed by atoms with Crippen LogP contribution < -0.4 is 15.0 Å². The fourth-order valence-electron chi connectivity index (χ4n) is 3.86. The number of piperazine rings is 1. The van der Waals surface area contributed by atoms with Crippen molar-refractivity contribution >= 4 is 17.5 Å². The lowest BCUT2D eigenvalue weighted by Crippen LogP contribution is -2.50. The number of alkyl halides is 6. The molecular formula is C24H21F6N5O2. The molecule has 1 aliphatic rings. The van der Waals surface area contributed by atoms with Crippen LogP contribution in [-0.4, -0.2) is 54.4 Å². The Balaban J connectivity index is 1.41. The molecule has 0 aliphatic carbocycles. The monoisotopic (exact) mass is 525 g/mol. The fourth-order valence-corrected chi connectivity index (χ4v) is 3.86. The van der Waals surface area contributed by atoms with Gasteiger partial charge in [-0.05, 0) is 42.5 Å². The predicted molar refractivity (Wildman–Crippen MR) is 123 cm³/mol. The van der Waals surface area contributed by atoms with Gasteiger partial charge < -0.3 is 19.9 Å². The summed E-state index contributed by atoms with van der Waals surface area (Å²) in [5.74, 6) is 1.21. The number of amides is 2. The molecule has 3 aromatic rings. The van der Waals surface area contributed by atoms with Gasteiger partial charge in [0, 0.05) is 37.4 Å². The lowest BCUT2D eigenvalue weighted by molar-refractivity contribution is -0.143. The van der Waals surface area contributed by atoms with E-state index >= 15 is 0 Å². The molecule has 1 aromatic heterocycles. The van der Waals surface area contributed by atoms with E-state index in [1.807, 2.05) is 23.1 Å². The van der Waals surface area contributed by atoms with Crippen molar-refractivity contribution in [2.45, 2.75) is 12.4 Å². The number of para-hydroxylation sites is 1. The Labute approximate surface area is 207 Å². The van der Waals surface area contributed by atoms with E-state index in [-0.39, 0.29) is 19.2 Å². The van der Waals surface area contributed by atoms with Crippen molar-refractivity contribution in [2.24, 2.45) is 0 Å². The summed E-state index contributed by atoms with van der Waals surface area (Å²) in [5.41, 5.74) is -2.21. The molecule has 1 aliphatic heterocycles. The number of carbonyl (C=O) groups excluding carboxylic acids is 1. The molecule has 1 N–H and O–H groups in total. The number of aromatic nitrogens is 2. The number of hydrogen-bond acceptors (Lipinski definition) is 5.